The number of nitrogens with zero attached hydrogens (tertiary/aromatic N) is 8. The van der Waals surface area contributed by atoms with E-state index in [1.807, 2.05) is 109 Å². The Morgan fingerprint density at radius 3 is 1.32 bits per heavy atom. The van der Waals surface area contributed by atoms with Gasteiger partial charge in [-0.2, -0.15) is 9.97 Å². The van der Waals surface area contributed by atoms with Crippen LogP contribution in [0.3, 0.4) is 0 Å². The number of hydrogen-bond acceptors (Lipinski definition) is 7. The summed E-state index contributed by atoms with van der Waals surface area (Å²) in [7, 11) is 0. The lowest BCUT2D eigenvalue weighted by Crippen LogP contribution is -2.07. The van der Waals surface area contributed by atoms with Gasteiger partial charge in [-0.3, -0.25) is 4.57 Å². The Bertz CT molecular complexity index is 4310. The first kappa shape index (κ1) is 38.6. The number of para-hydroxylation sites is 4. The van der Waals surface area contributed by atoms with E-state index in [9.17, 15) is 0 Å². The van der Waals surface area contributed by atoms with Gasteiger partial charge in [-0.1, -0.05) is 170 Å². The Balaban J connectivity index is 0.989. The summed E-state index contributed by atoms with van der Waals surface area (Å²) in [6, 6.07) is 74.6. The molecule has 9 aromatic carbocycles. The van der Waals surface area contributed by atoms with E-state index in [1.165, 1.54) is 5.39 Å². The van der Waals surface area contributed by atoms with Crippen molar-refractivity contribution < 1.29 is 4.42 Å². The van der Waals surface area contributed by atoms with E-state index >= 15 is 0 Å². The first-order valence-corrected chi connectivity index (χ1v) is 22.9. The van der Waals surface area contributed by atoms with Crippen molar-refractivity contribution >= 4 is 65.6 Å². The molecule has 5 heterocycles. The van der Waals surface area contributed by atoms with Gasteiger partial charge in [0.25, 0.3) is 0 Å². The molecule has 9 nitrogen and oxygen atoms in total. The van der Waals surface area contributed by atoms with E-state index in [0.717, 1.165) is 93.7 Å². The van der Waals surface area contributed by atoms with Gasteiger partial charge in [0.15, 0.2) is 29.1 Å². The average Bonchev–Trinajstić information content (AvgIpc) is 4.09. The molecule has 0 amide bonds. The molecule has 0 unspecified atom stereocenters. The van der Waals surface area contributed by atoms with Gasteiger partial charge in [-0.05, 0) is 48.5 Å². The maximum absolute atomic E-state index is 6.30. The summed E-state index contributed by atoms with van der Waals surface area (Å²) in [5, 5.41) is 6.61. The Labute approximate surface area is 394 Å². The van der Waals surface area contributed by atoms with Gasteiger partial charge < -0.3 is 8.98 Å². The van der Waals surface area contributed by atoms with Crippen LogP contribution in [0, 0.1) is 0 Å². The number of hydrogen-bond donors (Lipinski definition) is 0. The topological polar surface area (TPSA) is 100 Å². The highest BCUT2D eigenvalue weighted by atomic mass is 16.3. The molecule has 0 N–H and O–H groups in total. The van der Waals surface area contributed by atoms with Gasteiger partial charge in [0.1, 0.15) is 11.2 Å². The van der Waals surface area contributed by atoms with Crippen molar-refractivity contribution in [2.45, 2.75) is 0 Å². The molecule has 9 heteroatoms. The van der Waals surface area contributed by atoms with E-state index < -0.39 is 0 Å². The van der Waals surface area contributed by atoms with Crippen molar-refractivity contribution in [3.8, 4) is 68.6 Å². The predicted molar refractivity (Wildman–Crippen MR) is 276 cm³/mol. The van der Waals surface area contributed by atoms with Crippen molar-refractivity contribution in [1.29, 1.82) is 0 Å². The lowest BCUT2D eigenvalue weighted by molar-refractivity contribution is 0.669. The smallest absolute Gasteiger partial charge is 0.238 e. The number of furan rings is 1. The van der Waals surface area contributed by atoms with Crippen molar-refractivity contribution in [3.63, 3.8) is 0 Å². The molecular weight excluding hydrogens is 849 g/mol. The molecule has 0 saturated heterocycles. The Morgan fingerprint density at radius 1 is 0.275 bits per heavy atom. The zero-order valence-corrected chi connectivity index (χ0v) is 36.8. The van der Waals surface area contributed by atoms with E-state index in [1.54, 1.807) is 0 Å². The summed E-state index contributed by atoms with van der Waals surface area (Å²) >= 11 is 0. The first-order chi connectivity index (χ1) is 34.2. The van der Waals surface area contributed by atoms with E-state index in [-0.39, 0.29) is 0 Å². The third-order valence-electron chi connectivity index (χ3n) is 13.0. The highest BCUT2D eigenvalue weighted by Crippen LogP contribution is 2.42. The van der Waals surface area contributed by atoms with Crippen LogP contribution in [0.4, 0.5) is 0 Å². The zero-order valence-electron chi connectivity index (χ0n) is 36.8. The van der Waals surface area contributed by atoms with Crippen molar-refractivity contribution in [2.24, 2.45) is 0 Å². The molecule has 14 rings (SSSR count). The molecule has 0 aliphatic carbocycles. The van der Waals surface area contributed by atoms with Crippen molar-refractivity contribution in [2.75, 3.05) is 0 Å². The van der Waals surface area contributed by atoms with Gasteiger partial charge in [0.2, 0.25) is 5.95 Å². The Kier molecular flexibility index (Phi) is 8.68. The molecule has 0 spiro atoms. The molecule has 322 valence electrons. The molecule has 14 aromatic rings. The minimum atomic E-state index is 0.502. The molecular formula is C60H36N8O. The van der Waals surface area contributed by atoms with Crippen LogP contribution < -0.4 is 0 Å². The van der Waals surface area contributed by atoms with Gasteiger partial charge in [-0.25, -0.2) is 19.9 Å². The van der Waals surface area contributed by atoms with E-state index in [4.69, 9.17) is 34.3 Å². The SMILES string of the molecule is c1ccc(-c2nc(-c3cccc(-c4nc(-c5ccccc5)nc(-n5c6ccccc6c6ccc7c8ccccc8n(-c8ccccc8)c7c65)n4)c3)nc(-c3ccc4c(c3)oc3ccccc34)n2)cc1. The molecule has 0 radical (unpaired) electrons. The van der Waals surface area contributed by atoms with Gasteiger partial charge in [-0.15, -0.1) is 0 Å². The highest BCUT2D eigenvalue weighted by molar-refractivity contribution is 6.23. The molecule has 69 heavy (non-hydrogen) atoms. The maximum Gasteiger partial charge on any atom is 0.238 e. The molecule has 0 fully saturated rings. The summed E-state index contributed by atoms with van der Waals surface area (Å²) in [4.78, 5) is 31.2. The highest BCUT2D eigenvalue weighted by Gasteiger charge is 2.24. The zero-order chi connectivity index (χ0) is 45.4. The van der Waals surface area contributed by atoms with Gasteiger partial charge in [0, 0.05) is 65.8 Å². The van der Waals surface area contributed by atoms with Gasteiger partial charge in [0.05, 0.1) is 22.1 Å². The minimum absolute atomic E-state index is 0.502. The number of aromatic nitrogens is 8. The fourth-order valence-corrected chi connectivity index (χ4v) is 9.88. The largest absolute Gasteiger partial charge is 0.456 e. The number of fused-ring (bicyclic) bond motifs is 10. The molecule has 0 aliphatic rings. The molecule has 0 aliphatic heterocycles. The summed E-state index contributed by atoms with van der Waals surface area (Å²) in [6.07, 6.45) is 0. The third kappa shape index (κ3) is 6.32. The lowest BCUT2D eigenvalue weighted by atomic mass is 10.1. The fourth-order valence-electron chi connectivity index (χ4n) is 9.88. The second-order valence-electron chi connectivity index (χ2n) is 17.1. The quantitative estimate of drug-likeness (QED) is 0.157. The van der Waals surface area contributed by atoms with Crippen LogP contribution in [-0.2, 0) is 0 Å². The van der Waals surface area contributed by atoms with Gasteiger partial charge >= 0.3 is 0 Å². The summed E-state index contributed by atoms with van der Waals surface area (Å²) in [6.45, 7) is 0. The van der Waals surface area contributed by atoms with Crippen LogP contribution in [0.5, 0.6) is 0 Å². The second kappa shape index (κ2) is 15.5. The lowest BCUT2D eigenvalue weighted by Gasteiger charge is -2.13. The predicted octanol–water partition coefficient (Wildman–Crippen LogP) is 14.5. The third-order valence-corrected chi connectivity index (χ3v) is 13.0. The van der Waals surface area contributed by atoms with E-state index in [2.05, 4.69) is 118 Å². The van der Waals surface area contributed by atoms with Crippen LogP contribution in [0.25, 0.3) is 134 Å². The van der Waals surface area contributed by atoms with E-state index in [0.29, 0.717) is 35.1 Å². The molecule has 0 atom stereocenters. The normalized spacial score (nSPS) is 11.8. The van der Waals surface area contributed by atoms with Crippen LogP contribution in [-0.4, -0.2) is 39.0 Å². The van der Waals surface area contributed by atoms with Crippen LogP contribution in [0.15, 0.2) is 223 Å². The second-order valence-corrected chi connectivity index (χ2v) is 17.1. The molecule has 5 aromatic heterocycles. The van der Waals surface area contributed by atoms with Crippen molar-refractivity contribution in [1.82, 2.24) is 39.0 Å². The minimum Gasteiger partial charge on any atom is -0.456 e. The maximum atomic E-state index is 6.30. The standard InChI is InChI=1S/C60H36N8O/c1-4-17-37(18-5-1)55-61-57(64-58(62-55)41-31-32-46-45-27-12-15-30-51(45)69-52(46)36-41)39-21-16-22-40(35-39)59-63-56(38-19-6-2-7-20-38)65-60(66-59)68-50-29-14-11-26-44(50)48-34-33-47-43-25-10-13-28-49(43)67(53(47)54(48)68)42-23-8-3-9-24-42/h1-36H. The summed E-state index contributed by atoms with van der Waals surface area (Å²) < 4.78 is 10.9. The number of rotatable bonds is 7. The first-order valence-electron chi connectivity index (χ1n) is 22.9. The van der Waals surface area contributed by atoms with Crippen molar-refractivity contribution in [3.05, 3.63) is 218 Å². The number of benzene rings is 9. The van der Waals surface area contributed by atoms with Crippen LogP contribution >= 0.6 is 0 Å². The molecule has 0 bridgehead atoms. The molecule has 0 saturated carbocycles. The fraction of sp³-hybridized carbons (Fsp3) is 0. The average molecular weight is 885 g/mol. The summed E-state index contributed by atoms with van der Waals surface area (Å²) in [5.41, 5.74) is 11.0. The van der Waals surface area contributed by atoms with Crippen LogP contribution in [0.2, 0.25) is 0 Å². The Morgan fingerprint density at radius 2 is 0.696 bits per heavy atom. The summed E-state index contributed by atoms with van der Waals surface area (Å²) in [5.74, 6) is 3.17. The monoisotopic (exact) mass is 884 g/mol. The van der Waals surface area contributed by atoms with Crippen LogP contribution in [0.1, 0.15) is 0 Å². The Hall–Kier alpha value is -9.60.